The van der Waals surface area contributed by atoms with E-state index in [9.17, 15) is 4.79 Å². The Hall–Kier alpha value is -0.800. The summed E-state index contributed by atoms with van der Waals surface area (Å²) in [5, 5.41) is 0.212. The summed E-state index contributed by atoms with van der Waals surface area (Å²) >= 11 is 5.85. The Bertz CT molecular complexity index is 434. The molecule has 0 bridgehead atoms. The van der Waals surface area contributed by atoms with Crippen molar-refractivity contribution in [3.8, 4) is 0 Å². The van der Waals surface area contributed by atoms with E-state index < -0.39 is 0 Å². The lowest BCUT2D eigenvalue weighted by Crippen LogP contribution is -2.47. The van der Waals surface area contributed by atoms with E-state index in [1.54, 1.807) is 6.07 Å². The summed E-state index contributed by atoms with van der Waals surface area (Å²) < 4.78 is 10.8. The van der Waals surface area contributed by atoms with Gasteiger partial charge in [0.1, 0.15) is 0 Å². The summed E-state index contributed by atoms with van der Waals surface area (Å²) in [6.07, 6.45) is 6.50. The van der Waals surface area contributed by atoms with Gasteiger partial charge < -0.3 is 9.15 Å². The number of halogens is 1. The fourth-order valence-electron chi connectivity index (χ4n) is 2.86. The van der Waals surface area contributed by atoms with Crippen molar-refractivity contribution in [3.05, 3.63) is 23.1 Å². The standard InChI is InChI=1S/C13H15ClO3/c14-12-10(3-6-16-12)11(15)9-2-7-17-13(8-9)4-1-5-13/h3,6,9H,1-2,4-5,7-8H2. The fraction of sp³-hybridized carbons (Fsp3) is 0.615. The van der Waals surface area contributed by atoms with Crippen LogP contribution in [-0.2, 0) is 4.74 Å². The van der Waals surface area contributed by atoms with Gasteiger partial charge in [0.2, 0.25) is 5.22 Å². The van der Waals surface area contributed by atoms with Gasteiger partial charge in [0, 0.05) is 12.5 Å². The molecule has 0 N–H and O–H groups in total. The van der Waals surface area contributed by atoms with Gasteiger partial charge in [-0.05, 0) is 49.8 Å². The predicted octanol–water partition coefficient (Wildman–Crippen LogP) is 3.47. The first-order chi connectivity index (χ1) is 8.20. The first-order valence-corrected chi connectivity index (χ1v) is 6.49. The highest BCUT2D eigenvalue weighted by molar-refractivity contribution is 6.32. The quantitative estimate of drug-likeness (QED) is 0.759. The normalized spacial score (nSPS) is 26.8. The van der Waals surface area contributed by atoms with E-state index in [-0.39, 0.29) is 22.5 Å². The lowest BCUT2D eigenvalue weighted by Gasteiger charge is -2.46. The Morgan fingerprint density at radius 2 is 2.29 bits per heavy atom. The molecule has 2 aliphatic rings. The SMILES string of the molecule is O=C(c1ccoc1Cl)C1CCOC2(CCC2)C1. The number of ether oxygens (including phenoxy) is 1. The first kappa shape index (κ1) is 11.3. The number of hydrogen-bond acceptors (Lipinski definition) is 3. The summed E-state index contributed by atoms with van der Waals surface area (Å²) in [4.78, 5) is 12.3. The molecule has 1 aromatic rings. The van der Waals surface area contributed by atoms with Gasteiger partial charge in [-0.25, -0.2) is 0 Å². The van der Waals surface area contributed by atoms with Crippen molar-refractivity contribution in [2.45, 2.75) is 37.7 Å². The molecule has 92 valence electrons. The molecule has 3 rings (SSSR count). The maximum Gasteiger partial charge on any atom is 0.203 e. The summed E-state index contributed by atoms with van der Waals surface area (Å²) in [6, 6.07) is 1.66. The molecule has 3 nitrogen and oxygen atoms in total. The van der Waals surface area contributed by atoms with Crippen molar-refractivity contribution in [3.63, 3.8) is 0 Å². The van der Waals surface area contributed by atoms with Crippen LogP contribution in [-0.4, -0.2) is 18.0 Å². The zero-order valence-electron chi connectivity index (χ0n) is 9.58. The van der Waals surface area contributed by atoms with Crippen molar-refractivity contribution < 1.29 is 13.9 Å². The highest BCUT2D eigenvalue weighted by atomic mass is 35.5. The van der Waals surface area contributed by atoms with Gasteiger partial charge in [0.25, 0.3) is 0 Å². The van der Waals surface area contributed by atoms with Crippen LogP contribution in [0.3, 0.4) is 0 Å². The van der Waals surface area contributed by atoms with Crippen molar-refractivity contribution in [1.29, 1.82) is 0 Å². The third-order valence-electron chi connectivity index (χ3n) is 4.01. The predicted molar refractivity (Wildman–Crippen MR) is 63.3 cm³/mol. The highest BCUT2D eigenvalue weighted by Crippen LogP contribution is 2.45. The monoisotopic (exact) mass is 254 g/mol. The molecule has 2 fully saturated rings. The van der Waals surface area contributed by atoms with Crippen LogP contribution in [0, 0.1) is 5.92 Å². The van der Waals surface area contributed by atoms with Crippen molar-refractivity contribution in [2.75, 3.05) is 6.61 Å². The second-order valence-electron chi connectivity index (χ2n) is 5.05. The summed E-state index contributed by atoms with van der Waals surface area (Å²) in [5.74, 6) is 0.150. The van der Waals surface area contributed by atoms with E-state index >= 15 is 0 Å². The van der Waals surface area contributed by atoms with Gasteiger partial charge >= 0.3 is 0 Å². The molecule has 1 spiro atoms. The number of hydrogen-bond donors (Lipinski definition) is 0. The van der Waals surface area contributed by atoms with Crippen molar-refractivity contribution in [2.24, 2.45) is 5.92 Å². The zero-order chi connectivity index (χ0) is 11.9. The van der Waals surface area contributed by atoms with Crippen LogP contribution >= 0.6 is 11.6 Å². The average Bonchev–Trinajstić information content (AvgIpc) is 2.73. The second-order valence-corrected chi connectivity index (χ2v) is 5.39. The van der Waals surface area contributed by atoms with Gasteiger partial charge in [-0.1, -0.05) is 0 Å². The molecular formula is C13H15ClO3. The Kier molecular flexibility index (Phi) is 2.75. The summed E-state index contributed by atoms with van der Waals surface area (Å²) in [6.45, 7) is 0.686. The van der Waals surface area contributed by atoms with E-state index in [1.807, 2.05) is 0 Å². The zero-order valence-corrected chi connectivity index (χ0v) is 10.3. The molecule has 0 amide bonds. The molecule has 1 aromatic heterocycles. The van der Waals surface area contributed by atoms with E-state index in [4.69, 9.17) is 20.8 Å². The number of Topliss-reactive ketones (excluding diaryl/α,β-unsaturated/α-hetero) is 1. The molecule has 1 saturated heterocycles. The Morgan fingerprint density at radius 1 is 1.47 bits per heavy atom. The maximum absolute atomic E-state index is 12.3. The molecule has 2 heterocycles. The second kappa shape index (κ2) is 4.14. The topological polar surface area (TPSA) is 39.4 Å². The maximum atomic E-state index is 12.3. The van der Waals surface area contributed by atoms with Crippen LogP contribution in [0.25, 0.3) is 0 Å². The van der Waals surface area contributed by atoms with E-state index in [2.05, 4.69) is 0 Å². The number of furan rings is 1. The van der Waals surface area contributed by atoms with Gasteiger partial charge in [-0.2, -0.15) is 0 Å². The van der Waals surface area contributed by atoms with Crippen LogP contribution in [0.15, 0.2) is 16.7 Å². The fourth-order valence-corrected chi connectivity index (χ4v) is 3.07. The van der Waals surface area contributed by atoms with E-state index in [1.165, 1.54) is 12.7 Å². The molecule has 4 heteroatoms. The summed E-state index contributed by atoms with van der Waals surface area (Å²) in [5.41, 5.74) is 0.516. The molecular weight excluding hydrogens is 240 g/mol. The van der Waals surface area contributed by atoms with Crippen molar-refractivity contribution in [1.82, 2.24) is 0 Å². The van der Waals surface area contributed by atoms with Crippen LogP contribution in [0.4, 0.5) is 0 Å². The smallest absolute Gasteiger partial charge is 0.203 e. The van der Waals surface area contributed by atoms with E-state index in [0.717, 1.165) is 25.7 Å². The first-order valence-electron chi connectivity index (χ1n) is 6.11. The molecule has 1 atom stereocenters. The highest BCUT2D eigenvalue weighted by Gasteiger charge is 2.44. The van der Waals surface area contributed by atoms with E-state index in [0.29, 0.717) is 12.2 Å². The minimum atomic E-state index is -0.00517. The lowest BCUT2D eigenvalue weighted by atomic mass is 9.71. The lowest BCUT2D eigenvalue weighted by molar-refractivity contribution is -0.137. The molecule has 1 saturated carbocycles. The molecule has 1 aliphatic heterocycles. The van der Waals surface area contributed by atoms with Gasteiger partial charge in [0.05, 0.1) is 17.4 Å². The number of ketones is 1. The molecule has 1 aliphatic carbocycles. The van der Waals surface area contributed by atoms with Crippen LogP contribution in [0.1, 0.15) is 42.5 Å². The Balaban J connectivity index is 1.76. The molecule has 17 heavy (non-hydrogen) atoms. The third-order valence-corrected chi connectivity index (χ3v) is 4.30. The van der Waals surface area contributed by atoms with Crippen LogP contribution in [0.5, 0.6) is 0 Å². The Morgan fingerprint density at radius 3 is 2.88 bits per heavy atom. The summed E-state index contributed by atoms with van der Waals surface area (Å²) in [7, 11) is 0. The third kappa shape index (κ3) is 1.91. The largest absolute Gasteiger partial charge is 0.452 e. The van der Waals surface area contributed by atoms with Gasteiger partial charge in [-0.15, -0.1) is 0 Å². The van der Waals surface area contributed by atoms with Crippen LogP contribution < -0.4 is 0 Å². The number of rotatable bonds is 2. The minimum Gasteiger partial charge on any atom is -0.452 e. The van der Waals surface area contributed by atoms with Gasteiger partial charge in [-0.3, -0.25) is 4.79 Å². The average molecular weight is 255 g/mol. The Labute approximate surface area is 105 Å². The molecule has 0 radical (unpaired) electrons. The van der Waals surface area contributed by atoms with Crippen LogP contribution in [0.2, 0.25) is 5.22 Å². The number of carbonyl (C=O) groups excluding carboxylic acids is 1. The van der Waals surface area contributed by atoms with Gasteiger partial charge in [0.15, 0.2) is 5.78 Å². The van der Waals surface area contributed by atoms with Crippen molar-refractivity contribution >= 4 is 17.4 Å². The minimum absolute atomic E-state index is 0.00517. The molecule has 1 unspecified atom stereocenters. The molecule has 0 aromatic carbocycles. The number of carbonyl (C=O) groups is 1.